The van der Waals surface area contributed by atoms with Crippen LogP contribution >= 0.6 is 11.3 Å². The average molecular weight is 1860 g/mol. The lowest BCUT2D eigenvalue weighted by Crippen LogP contribution is -2.55. The molecule has 15 aliphatic rings. The van der Waals surface area contributed by atoms with Crippen molar-refractivity contribution in [1.82, 2.24) is 0 Å². The zero-order chi connectivity index (χ0) is 93.5. The summed E-state index contributed by atoms with van der Waals surface area (Å²) in [5.74, 6) is 9.68. The van der Waals surface area contributed by atoms with Crippen molar-refractivity contribution in [3.05, 3.63) is 452 Å². The lowest BCUT2D eigenvalue weighted by Gasteiger charge is -2.61. The minimum Gasteiger partial charge on any atom is -0.456 e. The smallest absolute Gasteiger partial charge is 0.137 e. The summed E-state index contributed by atoms with van der Waals surface area (Å²) in [6.45, 7) is 0. The van der Waals surface area contributed by atoms with Crippen molar-refractivity contribution in [2.24, 2.45) is 71.0 Å². The van der Waals surface area contributed by atoms with E-state index < -0.39 is 0 Å². The highest BCUT2D eigenvalue weighted by molar-refractivity contribution is 7.25. The summed E-state index contributed by atoms with van der Waals surface area (Å²) in [7, 11) is 0. The first-order valence-electron chi connectivity index (χ1n) is 53.4. The molecule has 19 aromatic carbocycles. The molecule has 5 heteroatoms. The van der Waals surface area contributed by atoms with Gasteiger partial charge in [0, 0.05) is 86.5 Å². The molecule has 12 fully saturated rings. The topological polar surface area (TPSA) is 22.9 Å². The van der Waals surface area contributed by atoms with Gasteiger partial charge in [0.25, 0.3) is 0 Å². The maximum atomic E-state index is 6.51. The standard InChI is InChI=1S/C50H41N.C44H35NO.C44H35NS/c1-2-10-35(11-3-1)36-20-22-37(23-21-36)38-24-26-42(27-25-38)51(47-18-8-13-39-12-4-5-14-43(39)47)48-19-9-16-45-44-15-6-7-17-46(44)50(49(45)48)40-29-33-28-34(31-40)32-41(50)30-33;2*1-2-11-33-29(9-1)10-7-16-39(33)45(32-19-20-36-35-13-4-6-18-41(35)46-42(36)26-32)40-17-8-14-37-34-12-3-5-15-38(34)44(43(37)40)30-22-27-21-28(24-30)25-31(44)23-27/h1-27,33-34,40-41H,28-32H2;2*1-20,26-28,30-31H,21-25H2. The van der Waals surface area contributed by atoms with Gasteiger partial charge in [-0.15, -0.1) is 11.3 Å². The van der Waals surface area contributed by atoms with Crippen molar-refractivity contribution in [1.29, 1.82) is 0 Å². The molecule has 0 saturated heterocycles. The average Bonchev–Trinajstić information content (AvgIpc) is 1.53. The number of anilines is 9. The number of nitrogens with zero attached hydrogens (tertiary/aromatic N) is 3. The summed E-state index contributed by atoms with van der Waals surface area (Å²) in [6, 6.07) is 158. The Kier molecular flexibility index (Phi) is 18.7. The molecule has 3 spiro atoms. The molecule has 143 heavy (non-hydrogen) atoms. The molecule has 21 aromatic rings. The lowest BCUT2D eigenvalue weighted by molar-refractivity contribution is -0.0397. The minimum absolute atomic E-state index is 0.0578. The van der Waals surface area contributed by atoms with Crippen LogP contribution in [0.2, 0.25) is 0 Å². The van der Waals surface area contributed by atoms with Crippen LogP contribution in [-0.2, 0) is 16.2 Å². The van der Waals surface area contributed by atoms with Gasteiger partial charge in [-0.2, -0.15) is 0 Å². The molecular formula is C138H111N3OS. The molecule has 15 aliphatic carbocycles. The summed E-state index contributed by atoms with van der Waals surface area (Å²) >= 11 is 1.92. The number of furan rings is 1. The van der Waals surface area contributed by atoms with Crippen LogP contribution in [0.5, 0.6) is 0 Å². The molecule has 690 valence electrons. The van der Waals surface area contributed by atoms with E-state index >= 15 is 0 Å². The Morgan fingerprint density at radius 2 is 0.483 bits per heavy atom. The van der Waals surface area contributed by atoms with E-state index in [-0.39, 0.29) is 16.2 Å². The van der Waals surface area contributed by atoms with Gasteiger partial charge in [0.1, 0.15) is 11.2 Å². The van der Waals surface area contributed by atoms with E-state index in [9.17, 15) is 0 Å². The van der Waals surface area contributed by atoms with Gasteiger partial charge >= 0.3 is 0 Å². The van der Waals surface area contributed by atoms with Crippen LogP contribution in [0.3, 0.4) is 0 Å². The molecule has 4 nitrogen and oxygen atoms in total. The van der Waals surface area contributed by atoms with E-state index in [4.69, 9.17) is 4.42 Å². The Bertz CT molecular complexity index is 8320. The Morgan fingerprint density at radius 1 is 0.196 bits per heavy atom. The second kappa shape index (κ2) is 32.2. The zero-order valence-electron chi connectivity index (χ0n) is 80.5. The van der Waals surface area contributed by atoms with Gasteiger partial charge in [0.2, 0.25) is 0 Å². The summed E-state index contributed by atoms with van der Waals surface area (Å²) in [5.41, 5.74) is 36.8. The van der Waals surface area contributed by atoms with Gasteiger partial charge in [-0.05, 0) is 357 Å². The molecule has 12 saturated carbocycles. The third kappa shape index (κ3) is 12.3. The Labute approximate surface area is 841 Å². The number of para-hydroxylation sites is 1. The predicted molar refractivity (Wildman–Crippen MR) is 597 cm³/mol. The Balaban J connectivity index is 0.0000000983. The van der Waals surface area contributed by atoms with Crippen LogP contribution in [0.4, 0.5) is 51.2 Å². The molecule has 2 heterocycles. The molecule has 36 rings (SSSR count). The van der Waals surface area contributed by atoms with E-state index in [1.165, 1.54) is 261 Å². The van der Waals surface area contributed by atoms with Crippen molar-refractivity contribution in [2.45, 2.75) is 113 Å². The molecule has 12 bridgehead atoms. The second-order valence-corrected chi connectivity index (χ2v) is 45.9. The van der Waals surface area contributed by atoms with Crippen LogP contribution in [0.15, 0.2) is 423 Å². The largest absolute Gasteiger partial charge is 0.456 e. The van der Waals surface area contributed by atoms with Crippen LogP contribution in [-0.4, -0.2) is 0 Å². The number of hydrogen-bond acceptors (Lipinski definition) is 5. The normalized spacial score (nSPS) is 24.9. The molecule has 0 aliphatic heterocycles. The highest BCUT2D eigenvalue weighted by Gasteiger charge is 2.66. The molecule has 0 unspecified atom stereocenters. The fourth-order valence-corrected chi connectivity index (χ4v) is 34.7. The third-order valence-corrected chi connectivity index (χ3v) is 39.2. The fourth-order valence-electron chi connectivity index (χ4n) is 33.6. The van der Waals surface area contributed by atoms with Crippen LogP contribution in [0.1, 0.15) is 130 Å². The Hall–Kier alpha value is -14.6. The third-order valence-electron chi connectivity index (χ3n) is 38.1. The van der Waals surface area contributed by atoms with E-state index in [0.717, 1.165) is 52.4 Å². The number of rotatable bonds is 11. The quantitative estimate of drug-likeness (QED) is 0.129. The molecule has 0 atom stereocenters. The fraction of sp³-hybridized carbons (Fsp3) is 0.217. The van der Waals surface area contributed by atoms with Crippen LogP contribution in [0, 0.1) is 71.0 Å². The van der Waals surface area contributed by atoms with E-state index in [1.807, 2.05) is 11.3 Å². The molecule has 0 radical (unpaired) electrons. The SMILES string of the molecule is c1ccc(-c2ccc(-c3ccc(N(c4cccc5c4C4(c6ccccc6-5)C5CC6CC(C5)CC4C6)c4cccc5ccccc45)cc3)cc2)cc1.c1ccc2c(c1)-c1cccc(N(c3ccc4c(c3)oc3ccccc34)c3cccc4ccccc34)c1C21C2CC3CC(C2)CC1C3.c1ccc2c(c1)-c1cccc(N(c3ccc4c(c3)sc3ccccc34)c3cccc4ccccc34)c1C21C2CC3CC(C2)CC1C3. The summed E-state index contributed by atoms with van der Waals surface area (Å²) in [4.78, 5) is 7.83. The zero-order valence-corrected chi connectivity index (χ0v) is 81.3. The molecular weight excluding hydrogens is 1750 g/mol. The molecule has 0 N–H and O–H groups in total. The van der Waals surface area contributed by atoms with E-state index in [2.05, 4.69) is 433 Å². The van der Waals surface area contributed by atoms with E-state index in [0.29, 0.717) is 35.5 Å². The van der Waals surface area contributed by atoms with Gasteiger partial charge in [-0.1, -0.05) is 328 Å². The van der Waals surface area contributed by atoms with Gasteiger partial charge in [0.05, 0.1) is 34.1 Å². The maximum absolute atomic E-state index is 6.51. The highest BCUT2D eigenvalue weighted by atomic mass is 32.1. The van der Waals surface area contributed by atoms with Gasteiger partial charge in [-0.3, -0.25) is 0 Å². The summed E-state index contributed by atoms with van der Waals surface area (Å²) in [5, 5.41) is 12.7. The first-order valence-corrected chi connectivity index (χ1v) is 54.2. The van der Waals surface area contributed by atoms with Crippen molar-refractivity contribution in [2.75, 3.05) is 14.7 Å². The molecule has 2 aromatic heterocycles. The second-order valence-electron chi connectivity index (χ2n) is 44.8. The first kappa shape index (κ1) is 83.0. The number of thiophene rings is 1. The van der Waals surface area contributed by atoms with Crippen molar-refractivity contribution < 1.29 is 4.42 Å². The van der Waals surface area contributed by atoms with Gasteiger partial charge < -0.3 is 19.1 Å². The predicted octanol–water partition coefficient (Wildman–Crippen LogP) is 37.7. The maximum Gasteiger partial charge on any atom is 0.137 e. The first-order chi connectivity index (χ1) is 70.8. The van der Waals surface area contributed by atoms with Crippen LogP contribution < -0.4 is 14.7 Å². The van der Waals surface area contributed by atoms with E-state index in [1.54, 1.807) is 33.4 Å². The van der Waals surface area contributed by atoms with Crippen molar-refractivity contribution in [3.8, 4) is 55.6 Å². The van der Waals surface area contributed by atoms with Gasteiger partial charge in [0.15, 0.2) is 0 Å². The van der Waals surface area contributed by atoms with Crippen LogP contribution in [0.25, 0.3) is 130 Å². The molecule has 0 amide bonds. The highest BCUT2D eigenvalue weighted by Crippen LogP contribution is 2.76. The minimum atomic E-state index is 0.0578. The van der Waals surface area contributed by atoms with Crippen molar-refractivity contribution in [3.63, 3.8) is 0 Å². The number of fused-ring (bicyclic) bond motifs is 18. The monoisotopic (exact) mass is 1860 g/mol. The number of benzene rings is 19. The Morgan fingerprint density at radius 3 is 0.909 bits per heavy atom. The summed E-state index contributed by atoms with van der Waals surface area (Å²) in [6.07, 6.45) is 20.9. The van der Waals surface area contributed by atoms with Crippen molar-refractivity contribution >= 4 is 137 Å². The lowest BCUT2D eigenvalue weighted by atomic mass is 9.43. The number of hydrogen-bond donors (Lipinski definition) is 0. The summed E-state index contributed by atoms with van der Waals surface area (Å²) < 4.78 is 9.21. The van der Waals surface area contributed by atoms with Gasteiger partial charge in [-0.25, -0.2) is 0 Å².